The standard InChI is InChI=1S/C19H17Cl2N3OS3/c20-15-9-8-14(11-16(15)21)24-19(26)28-18(23-24)27-12-17(25)22-10-4-7-13-5-2-1-3-6-13/h1-3,5-6,8-9,11H,4,7,10,12H2,(H,22,25). The van der Waals surface area contributed by atoms with Gasteiger partial charge in [0.2, 0.25) is 5.91 Å². The van der Waals surface area contributed by atoms with Gasteiger partial charge in [-0.1, -0.05) is 76.6 Å². The Bertz CT molecular complexity index is 1010. The maximum atomic E-state index is 12.1. The molecule has 0 aliphatic heterocycles. The minimum Gasteiger partial charge on any atom is -0.355 e. The van der Waals surface area contributed by atoms with E-state index in [1.54, 1.807) is 22.9 Å². The first-order chi connectivity index (χ1) is 13.5. The van der Waals surface area contributed by atoms with Gasteiger partial charge in [0.15, 0.2) is 8.29 Å². The Kier molecular flexibility index (Phi) is 7.93. The van der Waals surface area contributed by atoms with Gasteiger partial charge in [-0.2, -0.15) is 0 Å². The van der Waals surface area contributed by atoms with Gasteiger partial charge in [0, 0.05) is 6.54 Å². The third kappa shape index (κ3) is 6.06. The van der Waals surface area contributed by atoms with Crippen LogP contribution < -0.4 is 5.32 Å². The van der Waals surface area contributed by atoms with Gasteiger partial charge in [0.1, 0.15) is 0 Å². The van der Waals surface area contributed by atoms with Crippen LogP contribution in [0.4, 0.5) is 0 Å². The number of nitrogens with zero attached hydrogens (tertiary/aromatic N) is 2. The van der Waals surface area contributed by atoms with Crippen molar-refractivity contribution in [2.75, 3.05) is 12.3 Å². The lowest BCUT2D eigenvalue weighted by atomic mass is 10.1. The monoisotopic (exact) mass is 469 g/mol. The molecule has 0 atom stereocenters. The van der Waals surface area contributed by atoms with Gasteiger partial charge in [0.25, 0.3) is 0 Å². The highest BCUT2D eigenvalue weighted by Crippen LogP contribution is 2.27. The molecule has 0 unspecified atom stereocenters. The van der Waals surface area contributed by atoms with Crippen molar-refractivity contribution in [3.63, 3.8) is 0 Å². The topological polar surface area (TPSA) is 46.9 Å². The fraction of sp³-hybridized carbons (Fsp3) is 0.211. The van der Waals surface area contributed by atoms with E-state index in [0.717, 1.165) is 22.9 Å². The molecule has 0 saturated carbocycles. The summed E-state index contributed by atoms with van der Waals surface area (Å²) in [5.74, 6) is 0.287. The van der Waals surface area contributed by atoms with E-state index in [2.05, 4.69) is 22.5 Å². The van der Waals surface area contributed by atoms with Crippen molar-refractivity contribution >= 4 is 64.4 Å². The van der Waals surface area contributed by atoms with Crippen molar-refractivity contribution in [3.05, 3.63) is 68.1 Å². The van der Waals surface area contributed by atoms with Crippen molar-refractivity contribution in [3.8, 4) is 5.69 Å². The van der Waals surface area contributed by atoms with E-state index in [4.69, 9.17) is 35.4 Å². The molecule has 0 aliphatic rings. The van der Waals surface area contributed by atoms with Crippen LogP contribution in [0.2, 0.25) is 10.0 Å². The average Bonchev–Trinajstić information content (AvgIpc) is 3.07. The number of aryl methyl sites for hydroxylation is 1. The number of rotatable bonds is 8. The van der Waals surface area contributed by atoms with Gasteiger partial charge in [-0.3, -0.25) is 4.79 Å². The van der Waals surface area contributed by atoms with Gasteiger partial charge >= 0.3 is 0 Å². The van der Waals surface area contributed by atoms with Crippen LogP contribution in [0.3, 0.4) is 0 Å². The molecule has 0 saturated heterocycles. The zero-order valence-electron chi connectivity index (χ0n) is 14.7. The second-order valence-electron chi connectivity index (χ2n) is 5.87. The largest absolute Gasteiger partial charge is 0.355 e. The second-order valence-corrected chi connectivity index (χ2v) is 9.53. The predicted octanol–water partition coefficient (Wildman–Crippen LogP) is 5.81. The van der Waals surface area contributed by atoms with Gasteiger partial charge in [-0.25, -0.2) is 4.68 Å². The van der Waals surface area contributed by atoms with Gasteiger partial charge in [-0.05, 0) is 48.8 Å². The van der Waals surface area contributed by atoms with Crippen molar-refractivity contribution in [1.82, 2.24) is 15.1 Å². The number of amides is 1. The Labute approximate surface area is 186 Å². The number of aromatic nitrogens is 2. The highest BCUT2D eigenvalue weighted by molar-refractivity contribution is 8.01. The molecule has 3 rings (SSSR count). The smallest absolute Gasteiger partial charge is 0.230 e. The third-order valence-electron chi connectivity index (χ3n) is 3.81. The van der Waals surface area contributed by atoms with Crippen LogP contribution in [0.15, 0.2) is 52.9 Å². The fourth-order valence-electron chi connectivity index (χ4n) is 2.44. The average molecular weight is 470 g/mol. The SMILES string of the molecule is O=C(CSc1nn(-c2ccc(Cl)c(Cl)c2)c(=S)s1)NCCCc1ccccc1. The molecule has 0 fully saturated rings. The summed E-state index contributed by atoms with van der Waals surface area (Å²) in [6.45, 7) is 0.654. The van der Waals surface area contributed by atoms with Crippen molar-refractivity contribution in [2.24, 2.45) is 0 Å². The second kappa shape index (κ2) is 10.4. The van der Waals surface area contributed by atoms with Crippen LogP contribution in [-0.4, -0.2) is 28.0 Å². The molecule has 0 aliphatic carbocycles. The third-order valence-corrected chi connectivity index (χ3v) is 6.92. The molecule has 0 bridgehead atoms. The summed E-state index contributed by atoms with van der Waals surface area (Å²) in [5.41, 5.74) is 2.02. The normalized spacial score (nSPS) is 10.8. The van der Waals surface area contributed by atoms with E-state index in [0.29, 0.717) is 26.3 Å². The number of hydrogen-bond acceptors (Lipinski definition) is 5. The Hall–Kier alpha value is -1.38. The molecule has 2 aromatic carbocycles. The van der Waals surface area contributed by atoms with Crippen LogP contribution in [0.25, 0.3) is 5.69 Å². The summed E-state index contributed by atoms with van der Waals surface area (Å²) in [6, 6.07) is 15.5. The van der Waals surface area contributed by atoms with E-state index < -0.39 is 0 Å². The lowest BCUT2D eigenvalue weighted by molar-refractivity contribution is -0.118. The molecule has 4 nitrogen and oxygen atoms in total. The molecule has 9 heteroatoms. The predicted molar refractivity (Wildman–Crippen MR) is 121 cm³/mol. The number of hydrogen-bond donors (Lipinski definition) is 1. The first-order valence-electron chi connectivity index (χ1n) is 8.52. The van der Waals surface area contributed by atoms with E-state index in [1.165, 1.54) is 28.7 Å². The minimum atomic E-state index is -0.0136. The number of benzene rings is 2. The molecule has 0 radical (unpaired) electrons. The summed E-state index contributed by atoms with van der Waals surface area (Å²) in [7, 11) is 0. The molecule has 0 spiro atoms. The maximum absolute atomic E-state index is 12.1. The summed E-state index contributed by atoms with van der Waals surface area (Å²) in [5, 5.41) is 8.33. The van der Waals surface area contributed by atoms with E-state index in [1.807, 2.05) is 18.2 Å². The summed E-state index contributed by atoms with van der Waals surface area (Å²) < 4.78 is 2.95. The highest BCUT2D eigenvalue weighted by Gasteiger charge is 2.10. The quantitative estimate of drug-likeness (QED) is 0.256. The number of thioether (sulfide) groups is 1. The van der Waals surface area contributed by atoms with E-state index in [-0.39, 0.29) is 5.91 Å². The van der Waals surface area contributed by atoms with Crippen LogP contribution in [-0.2, 0) is 11.2 Å². The fourth-order valence-corrected chi connectivity index (χ4v) is 4.93. The highest BCUT2D eigenvalue weighted by atomic mass is 35.5. The van der Waals surface area contributed by atoms with Crippen LogP contribution >= 0.6 is 58.5 Å². The summed E-state index contributed by atoms with van der Waals surface area (Å²) in [6.07, 6.45) is 1.86. The first kappa shape index (κ1) is 21.3. The number of carbonyl (C=O) groups excluding carboxylic acids is 1. The van der Waals surface area contributed by atoms with Gasteiger partial charge in [0.05, 0.1) is 21.5 Å². The van der Waals surface area contributed by atoms with Crippen molar-refractivity contribution in [1.29, 1.82) is 0 Å². The van der Waals surface area contributed by atoms with E-state index in [9.17, 15) is 4.79 Å². The number of carbonyl (C=O) groups is 1. The zero-order chi connectivity index (χ0) is 19.9. The molecular weight excluding hydrogens is 453 g/mol. The number of nitrogens with one attached hydrogen (secondary N) is 1. The molecule has 28 heavy (non-hydrogen) atoms. The van der Waals surface area contributed by atoms with Gasteiger partial charge in [-0.15, -0.1) is 5.10 Å². The van der Waals surface area contributed by atoms with Crippen LogP contribution in [0, 0.1) is 3.95 Å². The molecule has 3 aromatic rings. The Morgan fingerprint density at radius 3 is 2.71 bits per heavy atom. The molecule has 1 N–H and O–H groups in total. The Balaban J connectivity index is 1.47. The lowest BCUT2D eigenvalue weighted by Crippen LogP contribution is -2.26. The Morgan fingerprint density at radius 1 is 1.18 bits per heavy atom. The molecule has 146 valence electrons. The van der Waals surface area contributed by atoms with Crippen molar-refractivity contribution in [2.45, 2.75) is 17.2 Å². The van der Waals surface area contributed by atoms with Crippen molar-refractivity contribution < 1.29 is 4.79 Å². The van der Waals surface area contributed by atoms with Gasteiger partial charge < -0.3 is 5.32 Å². The zero-order valence-corrected chi connectivity index (χ0v) is 18.7. The molecule has 1 heterocycles. The Morgan fingerprint density at radius 2 is 1.96 bits per heavy atom. The lowest BCUT2D eigenvalue weighted by Gasteiger charge is -2.04. The minimum absolute atomic E-state index is 0.0136. The first-order valence-corrected chi connectivity index (χ1v) is 11.5. The molecule has 1 aromatic heterocycles. The molecular formula is C19H17Cl2N3OS3. The van der Waals surface area contributed by atoms with E-state index >= 15 is 0 Å². The maximum Gasteiger partial charge on any atom is 0.230 e. The summed E-state index contributed by atoms with van der Waals surface area (Å²) >= 11 is 20.1. The number of halogens is 2. The van der Waals surface area contributed by atoms with Crippen LogP contribution in [0.5, 0.6) is 0 Å². The summed E-state index contributed by atoms with van der Waals surface area (Å²) in [4.78, 5) is 12.1. The van der Waals surface area contributed by atoms with Crippen LogP contribution in [0.1, 0.15) is 12.0 Å². The molecule has 1 amide bonds.